The third kappa shape index (κ3) is 3.22. The number of nitrogens with zero attached hydrogens (tertiary/aromatic N) is 2. The summed E-state index contributed by atoms with van der Waals surface area (Å²) >= 11 is 0. The molecule has 2 aliphatic rings. The molecular weight excluding hydrogens is 336 g/mol. The number of nitrogens with two attached hydrogens (primary N) is 1. The molecule has 132 valence electrons. The van der Waals surface area contributed by atoms with Crippen molar-refractivity contribution in [3.8, 4) is 11.3 Å². The monoisotopic (exact) mass is 358 g/mol. The molecule has 1 saturated carbocycles. The number of rotatable bonds is 4. The summed E-state index contributed by atoms with van der Waals surface area (Å²) in [5.74, 6) is 0.729. The van der Waals surface area contributed by atoms with Crippen LogP contribution in [0.1, 0.15) is 12.1 Å². The van der Waals surface area contributed by atoms with Crippen LogP contribution in [-0.2, 0) is 11.3 Å². The van der Waals surface area contributed by atoms with Gasteiger partial charge in [0, 0.05) is 18.7 Å². The van der Waals surface area contributed by atoms with Crippen molar-refractivity contribution in [2.45, 2.75) is 19.0 Å². The second-order valence-electron chi connectivity index (χ2n) is 6.89. The zero-order valence-corrected chi connectivity index (χ0v) is 14.9. The summed E-state index contributed by atoms with van der Waals surface area (Å²) in [5, 5.41) is 7.39. The van der Waals surface area contributed by atoms with Gasteiger partial charge in [-0.25, -0.2) is 0 Å². The molecule has 0 unspecified atom stereocenters. The lowest BCUT2D eigenvalue weighted by molar-refractivity contribution is -0.136. The Morgan fingerprint density at radius 1 is 1.28 bits per heavy atom. The summed E-state index contributed by atoms with van der Waals surface area (Å²) in [6.07, 6.45) is 5.35. The molecule has 1 heterocycles. The number of nitrogens with one attached hydrogen (secondary N) is 1. The first kappa shape index (κ1) is 17.7. The van der Waals surface area contributed by atoms with Crippen molar-refractivity contribution in [1.82, 2.24) is 15.1 Å². The highest BCUT2D eigenvalue weighted by Gasteiger charge is 2.47. The third-order valence-corrected chi connectivity index (χ3v) is 5.29. The molecule has 6 heteroatoms. The van der Waals surface area contributed by atoms with E-state index >= 15 is 0 Å². The Morgan fingerprint density at radius 2 is 2.00 bits per heavy atom. The fourth-order valence-electron chi connectivity index (χ4n) is 4.00. The Labute approximate surface area is 153 Å². The van der Waals surface area contributed by atoms with Gasteiger partial charge in [-0.05, 0) is 24.3 Å². The van der Waals surface area contributed by atoms with Crippen molar-refractivity contribution in [3.63, 3.8) is 0 Å². The van der Waals surface area contributed by atoms with Gasteiger partial charge in [0.2, 0.25) is 5.91 Å². The topological polar surface area (TPSA) is 75.0 Å². The molecule has 0 radical (unpaired) electrons. The lowest BCUT2D eigenvalue weighted by Crippen LogP contribution is -2.44. The Morgan fingerprint density at radius 3 is 2.68 bits per heavy atom. The van der Waals surface area contributed by atoms with E-state index in [0.717, 1.165) is 23.4 Å². The molecule has 2 aliphatic carbocycles. The van der Waals surface area contributed by atoms with Crippen LogP contribution in [0.4, 0.5) is 0 Å². The van der Waals surface area contributed by atoms with Gasteiger partial charge in [-0.1, -0.05) is 42.5 Å². The first-order chi connectivity index (χ1) is 11.6. The number of carbonyl (C=O) groups excluding carboxylic acids is 1. The van der Waals surface area contributed by atoms with Crippen LogP contribution in [0.2, 0.25) is 0 Å². The van der Waals surface area contributed by atoms with E-state index < -0.39 is 0 Å². The minimum absolute atomic E-state index is 0. The summed E-state index contributed by atoms with van der Waals surface area (Å²) < 4.78 is 0. The van der Waals surface area contributed by atoms with Crippen molar-refractivity contribution in [2.75, 3.05) is 7.05 Å². The Kier molecular flexibility index (Phi) is 4.97. The number of benzene rings is 1. The van der Waals surface area contributed by atoms with Gasteiger partial charge in [0.15, 0.2) is 0 Å². The zero-order chi connectivity index (χ0) is 16.7. The van der Waals surface area contributed by atoms with Crippen LogP contribution in [0.15, 0.2) is 48.6 Å². The molecule has 3 N–H and O–H groups in total. The molecular formula is C19H23ClN4O. The highest BCUT2D eigenvalue weighted by atomic mass is 35.5. The van der Waals surface area contributed by atoms with Crippen molar-refractivity contribution in [2.24, 2.45) is 23.5 Å². The van der Waals surface area contributed by atoms with Gasteiger partial charge in [0.1, 0.15) is 0 Å². The minimum atomic E-state index is -0.0819. The number of aromatic nitrogens is 2. The highest BCUT2D eigenvalue weighted by Crippen LogP contribution is 2.43. The average Bonchev–Trinajstić information content (AvgIpc) is 3.31. The number of hydrogen-bond donors (Lipinski definition) is 2. The van der Waals surface area contributed by atoms with E-state index in [9.17, 15) is 4.79 Å². The molecule has 1 amide bonds. The van der Waals surface area contributed by atoms with E-state index in [0.29, 0.717) is 18.4 Å². The molecule has 0 saturated heterocycles. The first-order valence-electron chi connectivity index (χ1n) is 8.42. The number of H-pyrrole nitrogens is 1. The zero-order valence-electron chi connectivity index (χ0n) is 14.1. The van der Waals surface area contributed by atoms with Crippen LogP contribution in [0.3, 0.4) is 0 Å². The molecule has 1 fully saturated rings. The normalized spacial score (nSPS) is 26.5. The van der Waals surface area contributed by atoms with E-state index in [2.05, 4.69) is 22.3 Å². The van der Waals surface area contributed by atoms with E-state index in [4.69, 9.17) is 5.73 Å². The number of hydrogen-bond acceptors (Lipinski definition) is 3. The van der Waals surface area contributed by atoms with Gasteiger partial charge in [-0.2, -0.15) is 5.10 Å². The lowest BCUT2D eigenvalue weighted by Gasteiger charge is -2.28. The average molecular weight is 359 g/mol. The molecule has 2 aromatic rings. The van der Waals surface area contributed by atoms with E-state index in [1.807, 2.05) is 43.4 Å². The largest absolute Gasteiger partial charge is 0.340 e. The molecule has 1 aromatic carbocycles. The lowest BCUT2D eigenvalue weighted by atomic mass is 9.88. The van der Waals surface area contributed by atoms with Gasteiger partial charge in [-0.15, -0.1) is 12.4 Å². The van der Waals surface area contributed by atoms with Gasteiger partial charge >= 0.3 is 0 Å². The Bertz CT molecular complexity index is 773. The second-order valence-corrected chi connectivity index (χ2v) is 6.89. The SMILES string of the molecule is CN(Cc1cc(-c2ccccc2)n[nH]1)C(=O)[C@H]1[C@@H](N)[C@H]2C=C[C@@H]1C2.Cl. The summed E-state index contributed by atoms with van der Waals surface area (Å²) in [6, 6.07) is 12.0. The maximum absolute atomic E-state index is 12.8. The molecule has 4 atom stereocenters. The minimum Gasteiger partial charge on any atom is -0.340 e. The summed E-state index contributed by atoms with van der Waals surface area (Å²) in [4.78, 5) is 14.6. The van der Waals surface area contributed by atoms with Gasteiger partial charge in [-0.3, -0.25) is 9.89 Å². The maximum Gasteiger partial charge on any atom is 0.227 e. The molecule has 0 spiro atoms. The molecule has 1 aromatic heterocycles. The summed E-state index contributed by atoms with van der Waals surface area (Å²) in [5.41, 5.74) is 9.14. The molecule has 0 aliphatic heterocycles. The predicted molar refractivity (Wildman–Crippen MR) is 99.9 cm³/mol. The smallest absolute Gasteiger partial charge is 0.227 e. The molecule has 25 heavy (non-hydrogen) atoms. The van der Waals surface area contributed by atoms with Crippen LogP contribution in [0, 0.1) is 17.8 Å². The standard InChI is InChI=1S/C19H22N4O.ClH/c1-23(19(24)17-13-7-8-14(9-13)18(17)20)11-15-10-16(22-21-15)12-5-3-2-4-6-12;/h2-8,10,13-14,17-18H,9,11,20H2,1H3,(H,21,22);1H/t13-,14+,17-,18+;/m1./s1. The van der Waals surface area contributed by atoms with E-state index in [1.165, 1.54) is 0 Å². The van der Waals surface area contributed by atoms with Crippen molar-refractivity contribution >= 4 is 18.3 Å². The van der Waals surface area contributed by atoms with Crippen LogP contribution >= 0.6 is 12.4 Å². The fourth-order valence-corrected chi connectivity index (χ4v) is 4.00. The molecule has 5 nitrogen and oxygen atoms in total. The molecule has 2 bridgehead atoms. The van der Waals surface area contributed by atoms with Crippen LogP contribution in [0.5, 0.6) is 0 Å². The predicted octanol–water partition coefficient (Wildman–Crippen LogP) is 2.61. The van der Waals surface area contributed by atoms with Crippen molar-refractivity contribution < 1.29 is 4.79 Å². The number of amides is 1. The number of carbonyl (C=O) groups is 1. The van der Waals surface area contributed by atoms with Gasteiger partial charge in [0.25, 0.3) is 0 Å². The van der Waals surface area contributed by atoms with E-state index in [-0.39, 0.29) is 30.3 Å². The number of aromatic amines is 1. The van der Waals surface area contributed by atoms with Crippen molar-refractivity contribution in [3.05, 3.63) is 54.2 Å². The van der Waals surface area contributed by atoms with Gasteiger partial charge < -0.3 is 10.6 Å². The fraction of sp³-hybridized carbons (Fsp3) is 0.368. The first-order valence-corrected chi connectivity index (χ1v) is 8.42. The maximum atomic E-state index is 12.8. The van der Waals surface area contributed by atoms with Gasteiger partial charge in [0.05, 0.1) is 23.9 Å². The summed E-state index contributed by atoms with van der Waals surface area (Å²) in [6.45, 7) is 0.517. The van der Waals surface area contributed by atoms with Crippen LogP contribution < -0.4 is 5.73 Å². The molecule has 4 rings (SSSR count). The number of allylic oxidation sites excluding steroid dienone is 1. The summed E-state index contributed by atoms with van der Waals surface area (Å²) in [7, 11) is 1.84. The quantitative estimate of drug-likeness (QED) is 0.825. The highest BCUT2D eigenvalue weighted by molar-refractivity contribution is 5.85. The van der Waals surface area contributed by atoms with Crippen LogP contribution in [0.25, 0.3) is 11.3 Å². The van der Waals surface area contributed by atoms with Crippen molar-refractivity contribution in [1.29, 1.82) is 0 Å². The number of halogens is 1. The van der Waals surface area contributed by atoms with E-state index in [1.54, 1.807) is 4.90 Å². The second kappa shape index (κ2) is 7.02. The van der Waals surface area contributed by atoms with Crippen LogP contribution in [-0.4, -0.2) is 34.1 Å². The third-order valence-electron chi connectivity index (χ3n) is 5.29. The Balaban J connectivity index is 0.00000182. The Hall–Kier alpha value is -2.11. The number of fused-ring (bicyclic) bond motifs is 2.